The van der Waals surface area contributed by atoms with Gasteiger partial charge in [0.05, 0.1) is 6.21 Å². The largest absolute Gasteiger partial charge is 0.508 e. The molecule has 4 rings (SSSR count). The SMILES string of the molecule is O=C(N/N=C\c1ccc(O)cc1)c1[nH]c2ccccc2c1-c1ccccc1. The number of amides is 1. The van der Waals surface area contributed by atoms with Gasteiger partial charge in [0.2, 0.25) is 0 Å². The van der Waals surface area contributed by atoms with Gasteiger partial charge in [0.15, 0.2) is 0 Å². The lowest BCUT2D eigenvalue weighted by Gasteiger charge is -2.04. The van der Waals surface area contributed by atoms with E-state index < -0.39 is 0 Å². The molecule has 3 aromatic carbocycles. The normalized spacial score (nSPS) is 11.1. The predicted molar refractivity (Wildman–Crippen MR) is 107 cm³/mol. The number of aromatic amines is 1. The second-order valence-corrected chi connectivity index (χ2v) is 6.08. The van der Waals surface area contributed by atoms with E-state index in [0.29, 0.717) is 5.69 Å². The summed E-state index contributed by atoms with van der Waals surface area (Å²) in [4.78, 5) is 16.0. The Morgan fingerprint density at radius 2 is 1.63 bits per heavy atom. The van der Waals surface area contributed by atoms with E-state index >= 15 is 0 Å². The van der Waals surface area contributed by atoms with Gasteiger partial charge in [-0.15, -0.1) is 0 Å². The maximum Gasteiger partial charge on any atom is 0.288 e. The number of H-pyrrole nitrogens is 1. The minimum absolute atomic E-state index is 0.182. The minimum atomic E-state index is -0.319. The summed E-state index contributed by atoms with van der Waals surface area (Å²) in [6.07, 6.45) is 1.53. The van der Waals surface area contributed by atoms with E-state index in [1.807, 2.05) is 54.6 Å². The predicted octanol–water partition coefficient (Wildman–Crippen LogP) is 4.30. The Kier molecular flexibility index (Phi) is 4.41. The molecule has 0 bridgehead atoms. The van der Waals surface area contributed by atoms with Crippen LogP contribution in [0.5, 0.6) is 5.75 Å². The first kappa shape index (κ1) is 16.6. The average molecular weight is 355 g/mol. The van der Waals surface area contributed by atoms with Crippen molar-refractivity contribution in [2.75, 3.05) is 0 Å². The maximum atomic E-state index is 12.8. The summed E-state index contributed by atoms with van der Waals surface area (Å²) in [5, 5.41) is 14.3. The number of rotatable bonds is 4. The van der Waals surface area contributed by atoms with Crippen molar-refractivity contribution in [3.63, 3.8) is 0 Å². The first-order valence-corrected chi connectivity index (χ1v) is 8.51. The fraction of sp³-hybridized carbons (Fsp3) is 0. The number of aromatic nitrogens is 1. The zero-order chi connectivity index (χ0) is 18.6. The molecule has 3 N–H and O–H groups in total. The fourth-order valence-corrected chi connectivity index (χ4v) is 3.00. The van der Waals surface area contributed by atoms with Crippen molar-refractivity contribution in [1.29, 1.82) is 0 Å². The van der Waals surface area contributed by atoms with Crippen molar-refractivity contribution in [1.82, 2.24) is 10.4 Å². The molecule has 132 valence electrons. The zero-order valence-electron chi connectivity index (χ0n) is 14.4. The number of carbonyl (C=O) groups excluding carboxylic acids is 1. The topological polar surface area (TPSA) is 77.5 Å². The van der Waals surface area contributed by atoms with Crippen molar-refractivity contribution in [3.8, 4) is 16.9 Å². The summed E-state index contributed by atoms with van der Waals surface area (Å²) in [5.74, 6) is -0.137. The van der Waals surface area contributed by atoms with Gasteiger partial charge in [-0.1, -0.05) is 48.5 Å². The van der Waals surface area contributed by atoms with Gasteiger partial charge >= 0.3 is 0 Å². The van der Waals surface area contributed by atoms with Crippen LogP contribution in [0.25, 0.3) is 22.0 Å². The molecule has 0 unspecified atom stereocenters. The van der Waals surface area contributed by atoms with Crippen molar-refractivity contribution >= 4 is 23.0 Å². The molecule has 1 aromatic heterocycles. The van der Waals surface area contributed by atoms with Gasteiger partial charge < -0.3 is 10.1 Å². The average Bonchev–Trinajstić information content (AvgIpc) is 3.10. The summed E-state index contributed by atoms with van der Waals surface area (Å²) in [7, 11) is 0. The quantitative estimate of drug-likeness (QED) is 0.377. The number of carbonyl (C=O) groups is 1. The van der Waals surface area contributed by atoms with E-state index in [1.165, 1.54) is 6.21 Å². The summed E-state index contributed by atoms with van der Waals surface area (Å²) >= 11 is 0. The highest BCUT2D eigenvalue weighted by atomic mass is 16.3. The van der Waals surface area contributed by atoms with Gasteiger partial charge in [-0.3, -0.25) is 4.79 Å². The van der Waals surface area contributed by atoms with Gasteiger partial charge in [0, 0.05) is 16.5 Å². The standard InChI is InChI=1S/C22H17N3O2/c26-17-12-10-15(11-13-17)14-23-25-22(27)21-20(16-6-2-1-3-7-16)18-8-4-5-9-19(18)24-21/h1-14,24,26H,(H,25,27)/b23-14-. The molecular formula is C22H17N3O2. The Morgan fingerprint density at radius 1 is 0.926 bits per heavy atom. The highest BCUT2D eigenvalue weighted by molar-refractivity contribution is 6.09. The van der Waals surface area contributed by atoms with Gasteiger partial charge in [-0.25, -0.2) is 5.43 Å². The molecule has 4 aromatic rings. The molecule has 0 radical (unpaired) electrons. The summed E-state index contributed by atoms with van der Waals surface area (Å²) in [6.45, 7) is 0. The lowest BCUT2D eigenvalue weighted by molar-refractivity contribution is 0.0951. The molecule has 27 heavy (non-hydrogen) atoms. The van der Waals surface area contributed by atoms with Crippen molar-refractivity contribution in [2.24, 2.45) is 5.10 Å². The number of nitrogens with zero attached hydrogens (tertiary/aromatic N) is 1. The summed E-state index contributed by atoms with van der Waals surface area (Å²) in [6, 6.07) is 24.2. The number of phenolic OH excluding ortho intramolecular Hbond substituents is 1. The molecule has 0 aliphatic heterocycles. The van der Waals surface area contributed by atoms with Crippen LogP contribution in [-0.4, -0.2) is 22.2 Å². The third-order valence-corrected chi connectivity index (χ3v) is 4.27. The fourth-order valence-electron chi connectivity index (χ4n) is 3.00. The second-order valence-electron chi connectivity index (χ2n) is 6.08. The number of hydrogen-bond acceptors (Lipinski definition) is 3. The summed E-state index contributed by atoms with van der Waals surface area (Å²) in [5.41, 5.74) is 6.51. The van der Waals surface area contributed by atoms with Gasteiger partial charge in [0.1, 0.15) is 11.4 Å². The van der Waals surface area contributed by atoms with Crippen molar-refractivity contribution in [3.05, 3.63) is 90.1 Å². The van der Waals surface area contributed by atoms with Crippen LogP contribution >= 0.6 is 0 Å². The van der Waals surface area contributed by atoms with Gasteiger partial charge in [-0.2, -0.15) is 5.10 Å². The molecule has 1 heterocycles. The molecule has 0 saturated carbocycles. The number of para-hydroxylation sites is 1. The van der Waals surface area contributed by atoms with Crippen molar-refractivity contribution in [2.45, 2.75) is 0 Å². The molecule has 0 spiro atoms. The monoisotopic (exact) mass is 355 g/mol. The lowest BCUT2D eigenvalue weighted by Crippen LogP contribution is -2.18. The maximum absolute atomic E-state index is 12.8. The molecule has 0 atom stereocenters. The number of benzene rings is 3. The Balaban J connectivity index is 1.66. The Hall–Kier alpha value is -3.86. The van der Waals surface area contributed by atoms with Crippen LogP contribution in [0.2, 0.25) is 0 Å². The number of fused-ring (bicyclic) bond motifs is 1. The van der Waals surface area contributed by atoms with E-state index in [1.54, 1.807) is 24.3 Å². The molecule has 5 nitrogen and oxygen atoms in total. The van der Waals surface area contributed by atoms with E-state index in [9.17, 15) is 9.90 Å². The lowest BCUT2D eigenvalue weighted by atomic mass is 10.0. The van der Waals surface area contributed by atoms with Crippen LogP contribution in [0, 0.1) is 0 Å². The molecule has 5 heteroatoms. The molecular weight excluding hydrogens is 338 g/mol. The van der Waals surface area contributed by atoms with Gasteiger partial charge in [0.25, 0.3) is 5.91 Å². The Labute approximate surface area is 156 Å². The molecule has 0 fully saturated rings. The Morgan fingerprint density at radius 3 is 2.41 bits per heavy atom. The minimum Gasteiger partial charge on any atom is -0.508 e. The number of phenols is 1. The van der Waals surface area contributed by atoms with Crippen LogP contribution in [-0.2, 0) is 0 Å². The molecule has 0 saturated heterocycles. The molecule has 0 aliphatic rings. The number of nitrogens with one attached hydrogen (secondary N) is 2. The second kappa shape index (κ2) is 7.17. The van der Waals surface area contributed by atoms with Crippen LogP contribution in [0.1, 0.15) is 16.1 Å². The van der Waals surface area contributed by atoms with Gasteiger partial charge in [-0.05, 0) is 41.5 Å². The van der Waals surface area contributed by atoms with Crippen LogP contribution in [0.15, 0.2) is 84.0 Å². The number of hydrogen-bond donors (Lipinski definition) is 3. The number of hydrazone groups is 1. The zero-order valence-corrected chi connectivity index (χ0v) is 14.4. The summed E-state index contributed by atoms with van der Waals surface area (Å²) < 4.78 is 0. The van der Waals surface area contributed by atoms with E-state index in [4.69, 9.17) is 0 Å². The van der Waals surface area contributed by atoms with Crippen LogP contribution in [0.3, 0.4) is 0 Å². The van der Waals surface area contributed by atoms with Crippen molar-refractivity contribution < 1.29 is 9.90 Å². The number of aromatic hydroxyl groups is 1. The first-order chi connectivity index (χ1) is 13.2. The third-order valence-electron chi connectivity index (χ3n) is 4.27. The van der Waals surface area contributed by atoms with E-state index in [0.717, 1.165) is 27.6 Å². The van der Waals surface area contributed by atoms with E-state index in [-0.39, 0.29) is 11.7 Å². The van der Waals surface area contributed by atoms with E-state index in [2.05, 4.69) is 15.5 Å². The highest BCUT2D eigenvalue weighted by Gasteiger charge is 2.18. The first-order valence-electron chi connectivity index (χ1n) is 8.51. The third kappa shape index (κ3) is 3.43. The smallest absolute Gasteiger partial charge is 0.288 e. The van der Waals surface area contributed by atoms with Crippen LogP contribution in [0.4, 0.5) is 0 Å². The van der Waals surface area contributed by atoms with Crippen LogP contribution < -0.4 is 5.43 Å². The molecule has 1 amide bonds. The Bertz CT molecular complexity index is 1110. The highest BCUT2D eigenvalue weighted by Crippen LogP contribution is 2.32. The molecule has 0 aliphatic carbocycles.